The van der Waals surface area contributed by atoms with Crippen LogP contribution in [0.15, 0.2) is 35.5 Å². The van der Waals surface area contributed by atoms with Crippen LogP contribution in [-0.2, 0) is 0 Å². The molecule has 0 aromatic rings. The molecule has 3 fully saturated rings. The smallest absolute Gasteiger partial charge is 0.0809 e. The summed E-state index contributed by atoms with van der Waals surface area (Å²) < 4.78 is 0. The van der Waals surface area contributed by atoms with E-state index in [0.717, 1.165) is 30.3 Å². The van der Waals surface area contributed by atoms with Crippen LogP contribution in [0.3, 0.4) is 0 Å². The van der Waals surface area contributed by atoms with Crippen molar-refractivity contribution in [2.24, 2.45) is 23.2 Å². The lowest BCUT2D eigenvalue weighted by atomic mass is 9.60. The van der Waals surface area contributed by atoms with Gasteiger partial charge >= 0.3 is 0 Å². The van der Waals surface area contributed by atoms with E-state index in [2.05, 4.69) is 32.6 Å². The van der Waals surface area contributed by atoms with Crippen LogP contribution in [0.5, 0.6) is 0 Å². The van der Waals surface area contributed by atoms with Crippen molar-refractivity contribution >= 4 is 0 Å². The van der Waals surface area contributed by atoms with Crippen molar-refractivity contribution in [1.82, 2.24) is 0 Å². The zero-order chi connectivity index (χ0) is 22.8. The molecule has 0 aliphatic heterocycles. The Labute approximate surface area is 190 Å². The molecular formula is C28H46O3. The molecule has 0 aromatic heterocycles. The molecule has 0 bridgehead atoms. The minimum absolute atomic E-state index is 0.401. The highest BCUT2D eigenvalue weighted by atomic mass is 16.3. The van der Waals surface area contributed by atoms with Gasteiger partial charge in [-0.15, -0.1) is 0 Å². The minimum Gasteiger partial charge on any atom is -0.390 e. The van der Waals surface area contributed by atoms with Crippen LogP contribution in [0.1, 0.15) is 98.3 Å². The van der Waals surface area contributed by atoms with Crippen LogP contribution < -0.4 is 0 Å². The summed E-state index contributed by atoms with van der Waals surface area (Å²) in [6, 6.07) is 0. The van der Waals surface area contributed by atoms with E-state index in [9.17, 15) is 15.3 Å². The first-order valence-electron chi connectivity index (χ1n) is 12.7. The van der Waals surface area contributed by atoms with E-state index in [1.165, 1.54) is 44.9 Å². The number of unbranched alkanes of at least 4 members (excludes halogenated alkanes) is 1. The summed E-state index contributed by atoms with van der Waals surface area (Å²) in [6.07, 6.45) is 15.4. The Morgan fingerprint density at radius 3 is 2.45 bits per heavy atom. The molecule has 6 atom stereocenters. The Balaban J connectivity index is 1.63. The predicted molar refractivity (Wildman–Crippen MR) is 129 cm³/mol. The summed E-state index contributed by atoms with van der Waals surface area (Å²) in [5.74, 6) is 2.21. The van der Waals surface area contributed by atoms with Gasteiger partial charge in [-0.3, -0.25) is 0 Å². The lowest BCUT2D eigenvalue weighted by Gasteiger charge is -2.44. The lowest BCUT2D eigenvalue weighted by molar-refractivity contribution is 0.0650. The third kappa shape index (κ3) is 5.92. The second-order valence-electron chi connectivity index (χ2n) is 11.7. The quantitative estimate of drug-likeness (QED) is 0.338. The molecule has 176 valence electrons. The van der Waals surface area contributed by atoms with Crippen LogP contribution in [0, 0.1) is 23.2 Å². The van der Waals surface area contributed by atoms with Crippen LogP contribution in [0.25, 0.3) is 0 Å². The fourth-order valence-electron chi connectivity index (χ4n) is 6.86. The molecule has 3 aliphatic rings. The van der Waals surface area contributed by atoms with Crippen LogP contribution in [0.2, 0.25) is 0 Å². The number of hydrogen-bond acceptors (Lipinski definition) is 3. The molecule has 0 unspecified atom stereocenters. The summed E-state index contributed by atoms with van der Waals surface area (Å²) in [6.45, 7) is 12.6. The summed E-state index contributed by atoms with van der Waals surface area (Å²) >= 11 is 0. The average Bonchev–Trinajstić information content (AvgIpc) is 3.04. The van der Waals surface area contributed by atoms with Crippen molar-refractivity contribution in [2.45, 2.75) is 116 Å². The molecular weight excluding hydrogens is 384 g/mol. The maximum atomic E-state index is 10.1. The average molecular weight is 431 g/mol. The van der Waals surface area contributed by atoms with Gasteiger partial charge in [0.05, 0.1) is 17.8 Å². The summed E-state index contributed by atoms with van der Waals surface area (Å²) in [4.78, 5) is 0. The maximum Gasteiger partial charge on any atom is 0.0809 e. The van der Waals surface area contributed by atoms with Gasteiger partial charge in [0.1, 0.15) is 0 Å². The third-order valence-corrected chi connectivity index (χ3v) is 8.72. The van der Waals surface area contributed by atoms with Gasteiger partial charge in [0.25, 0.3) is 0 Å². The van der Waals surface area contributed by atoms with Gasteiger partial charge in [-0.2, -0.15) is 0 Å². The Morgan fingerprint density at radius 2 is 1.81 bits per heavy atom. The summed E-state index contributed by atoms with van der Waals surface area (Å²) in [5.41, 5.74) is 3.15. The number of aliphatic hydroxyl groups is 3. The van der Waals surface area contributed by atoms with Crippen LogP contribution >= 0.6 is 0 Å². The van der Waals surface area contributed by atoms with Gasteiger partial charge < -0.3 is 15.3 Å². The molecule has 3 nitrogen and oxygen atoms in total. The zero-order valence-electron chi connectivity index (χ0n) is 20.4. The molecule has 3 saturated carbocycles. The van der Waals surface area contributed by atoms with Crippen molar-refractivity contribution in [3.63, 3.8) is 0 Å². The SMILES string of the molecule is C=C1[C@H](O)CC(=C/C=C2\CCC[C@]3(C)[C@@H]([C@H](C)CCCCC(C)(C)O)CC[C@@H]23)C[C@H]1O. The topological polar surface area (TPSA) is 60.7 Å². The van der Waals surface area contributed by atoms with Crippen molar-refractivity contribution < 1.29 is 15.3 Å². The van der Waals surface area contributed by atoms with Crippen LogP contribution in [0.4, 0.5) is 0 Å². The molecule has 0 spiro atoms. The molecule has 0 amide bonds. The van der Waals surface area contributed by atoms with Crippen molar-refractivity contribution in [3.8, 4) is 0 Å². The second-order valence-corrected chi connectivity index (χ2v) is 11.7. The highest BCUT2D eigenvalue weighted by Gasteiger charge is 2.50. The van der Waals surface area contributed by atoms with Crippen molar-refractivity contribution in [2.75, 3.05) is 0 Å². The van der Waals surface area contributed by atoms with E-state index in [0.29, 0.717) is 29.7 Å². The summed E-state index contributed by atoms with van der Waals surface area (Å²) in [5, 5.41) is 30.2. The molecule has 31 heavy (non-hydrogen) atoms. The Morgan fingerprint density at radius 1 is 1.13 bits per heavy atom. The highest BCUT2D eigenvalue weighted by Crippen LogP contribution is 2.59. The fourth-order valence-corrected chi connectivity index (χ4v) is 6.86. The maximum absolute atomic E-state index is 10.1. The van der Waals surface area contributed by atoms with Gasteiger partial charge in [0.15, 0.2) is 0 Å². The molecule has 0 saturated heterocycles. The van der Waals surface area contributed by atoms with E-state index in [1.807, 2.05) is 13.8 Å². The molecule has 3 heteroatoms. The van der Waals surface area contributed by atoms with Crippen molar-refractivity contribution in [1.29, 1.82) is 0 Å². The van der Waals surface area contributed by atoms with Crippen LogP contribution in [-0.4, -0.2) is 33.1 Å². The minimum atomic E-state index is -0.613. The Kier molecular flexibility index (Phi) is 7.92. The second kappa shape index (κ2) is 9.93. The normalized spacial score (nSPS) is 36.5. The predicted octanol–water partition coefficient (Wildman–Crippen LogP) is 6.09. The van der Waals surface area contributed by atoms with Gasteiger partial charge in [-0.1, -0.05) is 63.0 Å². The van der Waals surface area contributed by atoms with Crippen molar-refractivity contribution in [3.05, 3.63) is 35.5 Å². The monoisotopic (exact) mass is 430 g/mol. The van der Waals surface area contributed by atoms with E-state index < -0.39 is 17.8 Å². The molecule has 0 radical (unpaired) electrons. The summed E-state index contributed by atoms with van der Waals surface area (Å²) in [7, 11) is 0. The number of rotatable bonds is 7. The molecule has 0 aromatic carbocycles. The number of aliphatic hydroxyl groups excluding tert-OH is 2. The first kappa shape index (κ1) is 24.7. The fraction of sp³-hybridized carbons (Fsp3) is 0.786. The molecule has 3 rings (SSSR count). The highest BCUT2D eigenvalue weighted by molar-refractivity contribution is 5.29. The van der Waals surface area contributed by atoms with E-state index in [4.69, 9.17) is 0 Å². The standard InChI is InChI=1S/C28H46O3/c1-19(9-6-7-15-27(3,4)31)23-13-14-24-22(10-8-16-28(23,24)5)12-11-21-17-25(29)20(2)26(30)18-21/h11-12,19,23-26,29-31H,2,6-10,13-18H2,1,3-5H3/b22-12+/t19-,23-,24+,25-,26-,28-/m1/s1. The Bertz CT molecular complexity index is 682. The van der Waals surface area contributed by atoms with Gasteiger partial charge in [-0.05, 0) is 94.0 Å². The number of allylic oxidation sites excluding steroid dienone is 3. The van der Waals surface area contributed by atoms with Gasteiger partial charge in [0.2, 0.25) is 0 Å². The van der Waals surface area contributed by atoms with E-state index in [-0.39, 0.29) is 0 Å². The van der Waals surface area contributed by atoms with Gasteiger partial charge in [-0.25, -0.2) is 0 Å². The van der Waals surface area contributed by atoms with Gasteiger partial charge in [0, 0.05) is 0 Å². The third-order valence-electron chi connectivity index (χ3n) is 8.72. The first-order valence-corrected chi connectivity index (χ1v) is 12.7. The zero-order valence-corrected chi connectivity index (χ0v) is 20.4. The lowest BCUT2D eigenvalue weighted by Crippen LogP contribution is -2.36. The van der Waals surface area contributed by atoms with E-state index in [1.54, 1.807) is 5.57 Å². The van der Waals surface area contributed by atoms with E-state index >= 15 is 0 Å². The Hall–Kier alpha value is -0.900. The molecule has 0 heterocycles. The largest absolute Gasteiger partial charge is 0.390 e. The number of hydrogen-bond donors (Lipinski definition) is 3. The number of fused-ring (bicyclic) bond motifs is 1. The first-order chi connectivity index (χ1) is 14.5. The molecule has 3 aliphatic carbocycles. The molecule has 3 N–H and O–H groups in total.